The topological polar surface area (TPSA) is 70.2 Å². The molecule has 3 heterocycles. The van der Waals surface area contributed by atoms with Crippen LogP contribution in [-0.2, 0) is 11.3 Å². The fraction of sp³-hybridized carbons (Fsp3) is 0.550. The third-order valence-electron chi connectivity index (χ3n) is 4.97. The van der Waals surface area contributed by atoms with Gasteiger partial charge >= 0.3 is 0 Å². The first-order valence-electron chi connectivity index (χ1n) is 9.84. The van der Waals surface area contributed by atoms with Crippen LogP contribution in [0.3, 0.4) is 0 Å². The van der Waals surface area contributed by atoms with E-state index in [0.29, 0.717) is 18.9 Å². The van der Waals surface area contributed by atoms with E-state index in [9.17, 15) is 4.79 Å². The highest BCUT2D eigenvalue weighted by molar-refractivity contribution is 7.09. The van der Waals surface area contributed by atoms with Gasteiger partial charge in [-0.2, -0.15) is 0 Å². The Labute approximate surface area is 165 Å². The van der Waals surface area contributed by atoms with E-state index < -0.39 is 0 Å². The highest BCUT2D eigenvalue weighted by Crippen LogP contribution is 2.25. The normalized spacial score (nSPS) is 14.9. The summed E-state index contributed by atoms with van der Waals surface area (Å²) in [6.07, 6.45) is 6.52. The largest absolute Gasteiger partial charge is 0.370 e. The van der Waals surface area contributed by atoms with Gasteiger partial charge < -0.3 is 15.5 Å². The highest BCUT2D eigenvalue weighted by atomic mass is 32.1. The number of thiophene rings is 1. The quantitative estimate of drug-likeness (QED) is 0.687. The van der Waals surface area contributed by atoms with E-state index in [2.05, 4.69) is 38.5 Å². The molecule has 0 bridgehead atoms. The summed E-state index contributed by atoms with van der Waals surface area (Å²) in [7, 11) is 0. The minimum absolute atomic E-state index is 0.160. The van der Waals surface area contributed by atoms with Crippen molar-refractivity contribution in [2.24, 2.45) is 5.92 Å². The molecule has 1 aliphatic heterocycles. The molecule has 27 heavy (non-hydrogen) atoms. The molecule has 1 fully saturated rings. The van der Waals surface area contributed by atoms with Crippen LogP contribution in [0.5, 0.6) is 0 Å². The number of piperidine rings is 1. The van der Waals surface area contributed by atoms with Crippen LogP contribution in [0, 0.1) is 5.92 Å². The van der Waals surface area contributed by atoms with Crippen LogP contribution < -0.4 is 15.5 Å². The monoisotopic (exact) mass is 387 g/mol. The Kier molecular flexibility index (Phi) is 7.45. The third-order valence-corrected chi connectivity index (χ3v) is 5.84. The molecule has 0 aromatic carbocycles. The van der Waals surface area contributed by atoms with E-state index in [1.54, 1.807) is 17.7 Å². The van der Waals surface area contributed by atoms with Gasteiger partial charge in [0.15, 0.2) is 0 Å². The van der Waals surface area contributed by atoms with Crippen molar-refractivity contribution in [1.82, 2.24) is 15.3 Å². The number of nitrogens with zero attached hydrogens (tertiary/aromatic N) is 3. The Hall–Kier alpha value is -2.15. The lowest BCUT2D eigenvalue weighted by atomic mass is 9.92. The molecule has 2 N–H and O–H groups in total. The zero-order chi connectivity index (χ0) is 18.9. The van der Waals surface area contributed by atoms with Gasteiger partial charge in [0.25, 0.3) is 0 Å². The van der Waals surface area contributed by atoms with Gasteiger partial charge in [0.2, 0.25) is 5.91 Å². The SMILES string of the molecule is CCCNc1cc(N2CCC(CCC(=O)NCc3cccs3)CC2)ncn1. The first kappa shape index (κ1) is 19.6. The smallest absolute Gasteiger partial charge is 0.220 e. The Morgan fingerprint density at radius 1 is 1.33 bits per heavy atom. The van der Waals surface area contributed by atoms with Gasteiger partial charge in [0, 0.05) is 37.0 Å². The molecule has 1 amide bonds. The lowest BCUT2D eigenvalue weighted by Crippen LogP contribution is -2.34. The van der Waals surface area contributed by atoms with Crippen LogP contribution >= 0.6 is 11.3 Å². The van der Waals surface area contributed by atoms with Gasteiger partial charge in [-0.05, 0) is 43.0 Å². The van der Waals surface area contributed by atoms with Crippen molar-refractivity contribution >= 4 is 28.9 Å². The molecular weight excluding hydrogens is 358 g/mol. The maximum absolute atomic E-state index is 12.0. The Morgan fingerprint density at radius 2 is 2.19 bits per heavy atom. The number of hydrogen-bond acceptors (Lipinski definition) is 6. The van der Waals surface area contributed by atoms with Crippen LogP contribution in [0.25, 0.3) is 0 Å². The first-order chi connectivity index (χ1) is 13.2. The van der Waals surface area contributed by atoms with Gasteiger partial charge in [-0.3, -0.25) is 4.79 Å². The number of carbonyl (C=O) groups is 1. The second-order valence-corrected chi connectivity index (χ2v) is 8.05. The number of carbonyl (C=O) groups excluding carboxylic acids is 1. The van der Waals surface area contributed by atoms with Gasteiger partial charge in [-0.25, -0.2) is 9.97 Å². The number of nitrogens with one attached hydrogen (secondary N) is 2. The molecular formula is C20H29N5OS. The van der Waals surface area contributed by atoms with E-state index in [-0.39, 0.29) is 5.91 Å². The van der Waals surface area contributed by atoms with Crippen molar-refractivity contribution in [2.75, 3.05) is 29.9 Å². The van der Waals surface area contributed by atoms with Gasteiger partial charge in [-0.1, -0.05) is 13.0 Å². The summed E-state index contributed by atoms with van der Waals surface area (Å²) < 4.78 is 0. The first-order valence-corrected chi connectivity index (χ1v) is 10.7. The number of anilines is 2. The molecule has 0 atom stereocenters. The van der Waals surface area contributed by atoms with E-state index in [4.69, 9.17) is 0 Å². The number of hydrogen-bond donors (Lipinski definition) is 2. The van der Waals surface area contributed by atoms with Crippen molar-refractivity contribution in [3.8, 4) is 0 Å². The lowest BCUT2D eigenvalue weighted by molar-refractivity contribution is -0.121. The van der Waals surface area contributed by atoms with Crippen molar-refractivity contribution in [3.63, 3.8) is 0 Å². The van der Waals surface area contributed by atoms with Crippen LogP contribution in [-0.4, -0.2) is 35.5 Å². The molecule has 1 aliphatic rings. The number of aromatic nitrogens is 2. The second-order valence-electron chi connectivity index (χ2n) is 7.01. The van der Waals surface area contributed by atoms with Crippen LogP contribution in [0.4, 0.5) is 11.6 Å². The molecule has 1 saturated heterocycles. The predicted octanol–water partition coefficient (Wildman–Crippen LogP) is 3.67. The minimum Gasteiger partial charge on any atom is -0.370 e. The summed E-state index contributed by atoms with van der Waals surface area (Å²) in [5, 5.41) is 8.37. The number of rotatable bonds is 9. The Balaban J connectivity index is 1.38. The molecule has 0 radical (unpaired) electrons. The summed E-state index contributed by atoms with van der Waals surface area (Å²) >= 11 is 1.68. The minimum atomic E-state index is 0.160. The highest BCUT2D eigenvalue weighted by Gasteiger charge is 2.21. The summed E-state index contributed by atoms with van der Waals surface area (Å²) in [6.45, 7) is 5.70. The van der Waals surface area contributed by atoms with Crippen molar-refractivity contribution < 1.29 is 4.79 Å². The lowest BCUT2D eigenvalue weighted by Gasteiger charge is -2.32. The molecule has 6 nitrogen and oxygen atoms in total. The van der Waals surface area contributed by atoms with Crippen molar-refractivity contribution in [3.05, 3.63) is 34.8 Å². The molecule has 7 heteroatoms. The third kappa shape index (κ3) is 6.20. The van der Waals surface area contributed by atoms with E-state index in [1.165, 1.54) is 4.88 Å². The summed E-state index contributed by atoms with van der Waals surface area (Å²) in [6, 6.07) is 6.10. The van der Waals surface area contributed by atoms with Crippen LogP contribution in [0.15, 0.2) is 29.9 Å². The maximum atomic E-state index is 12.0. The van der Waals surface area contributed by atoms with E-state index in [1.807, 2.05) is 17.5 Å². The molecule has 0 aliphatic carbocycles. The molecule has 2 aromatic rings. The van der Waals surface area contributed by atoms with Crippen LogP contribution in [0.1, 0.15) is 43.9 Å². The van der Waals surface area contributed by atoms with Gasteiger partial charge in [0.1, 0.15) is 18.0 Å². The molecule has 0 spiro atoms. The maximum Gasteiger partial charge on any atom is 0.220 e. The Bertz CT molecular complexity index is 698. The molecule has 146 valence electrons. The predicted molar refractivity (Wildman–Crippen MR) is 111 cm³/mol. The molecule has 0 unspecified atom stereocenters. The standard InChI is InChI=1S/C20H29N5OS/c1-2-9-21-18-13-19(24-15-23-18)25-10-7-16(8-11-25)5-6-20(26)22-14-17-4-3-12-27-17/h3-4,12-13,15-16H,2,5-11,14H2,1H3,(H,22,26)(H,21,23,24). The summed E-state index contributed by atoms with van der Waals surface area (Å²) in [4.78, 5) is 24.3. The van der Waals surface area contributed by atoms with Crippen LogP contribution in [0.2, 0.25) is 0 Å². The van der Waals surface area contributed by atoms with Gasteiger partial charge in [0.05, 0.1) is 6.54 Å². The average molecular weight is 388 g/mol. The molecule has 3 rings (SSSR count). The number of amides is 1. The van der Waals surface area contributed by atoms with E-state index in [0.717, 1.165) is 57.0 Å². The van der Waals surface area contributed by atoms with Crippen molar-refractivity contribution in [2.45, 2.75) is 45.6 Å². The second kappa shape index (κ2) is 10.3. The molecule has 0 saturated carbocycles. The zero-order valence-corrected chi connectivity index (χ0v) is 16.8. The van der Waals surface area contributed by atoms with Gasteiger partial charge in [-0.15, -0.1) is 11.3 Å². The fourth-order valence-corrected chi connectivity index (χ4v) is 3.99. The average Bonchev–Trinajstić information content (AvgIpc) is 3.23. The summed E-state index contributed by atoms with van der Waals surface area (Å²) in [5.41, 5.74) is 0. The van der Waals surface area contributed by atoms with Crippen molar-refractivity contribution in [1.29, 1.82) is 0 Å². The summed E-state index contributed by atoms with van der Waals surface area (Å²) in [5.74, 6) is 2.67. The Morgan fingerprint density at radius 3 is 2.93 bits per heavy atom. The fourth-order valence-electron chi connectivity index (χ4n) is 3.34. The zero-order valence-electron chi connectivity index (χ0n) is 16.0. The van der Waals surface area contributed by atoms with E-state index >= 15 is 0 Å². The molecule has 2 aromatic heterocycles.